The highest BCUT2D eigenvalue weighted by atomic mass is 15.2. The van der Waals surface area contributed by atoms with E-state index >= 15 is 0 Å². The first-order valence-corrected chi connectivity index (χ1v) is 7.69. The van der Waals surface area contributed by atoms with Crippen LogP contribution in [-0.2, 0) is 0 Å². The summed E-state index contributed by atoms with van der Waals surface area (Å²) in [6.07, 6.45) is 7.06. The van der Waals surface area contributed by atoms with Crippen molar-refractivity contribution in [1.82, 2.24) is 10.2 Å². The Hall–Kier alpha value is -0.0800. The molecule has 0 aromatic heterocycles. The van der Waals surface area contributed by atoms with E-state index in [1.807, 2.05) is 0 Å². The van der Waals surface area contributed by atoms with Crippen LogP contribution in [0.2, 0.25) is 0 Å². The largest absolute Gasteiger partial charge is 0.313 e. The van der Waals surface area contributed by atoms with Crippen LogP contribution < -0.4 is 5.32 Å². The minimum absolute atomic E-state index is 0.760. The standard InChI is InChI=1S/C15H30N2/c1-4-17(11-14-9-6-10-16-14)15-12(2)7-5-8-13(15)3/h12-16H,4-11H2,1-3H3. The maximum atomic E-state index is 3.65. The lowest BCUT2D eigenvalue weighted by Gasteiger charge is -2.43. The molecule has 1 saturated heterocycles. The second-order valence-corrected chi connectivity index (χ2v) is 6.26. The van der Waals surface area contributed by atoms with Crippen LogP contribution in [0, 0.1) is 11.8 Å². The highest BCUT2D eigenvalue weighted by Crippen LogP contribution is 2.32. The van der Waals surface area contributed by atoms with Gasteiger partial charge in [-0.15, -0.1) is 0 Å². The van der Waals surface area contributed by atoms with Crippen LogP contribution in [0.5, 0.6) is 0 Å². The molecule has 0 aromatic rings. The number of rotatable bonds is 4. The summed E-state index contributed by atoms with van der Waals surface area (Å²) in [5.41, 5.74) is 0. The Morgan fingerprint density at radius 3 is 2.29 bits per heavy atom. The van der Waals surface area contributed by atoms with Crippen molar-refractivity contribution < 1.29 is 0 Å². The minimum atomic E-state index is 0.760. The van der Waals surface area contributed by atoms with Crippen molar-refractivity contribution >= 4 is 0 Å². The van der Waals surface area contributed by atoms with Crippen LogP contribution in [0.15, 0.2) is 0 Å². The molecular formula is C15H30N2. The Morgan fingerprint density at radius 2 is 1.76 bits per heavy atom. The maximum Gasteiger partial charge on any atom is 0.0195 e. The van der Waals surface area contributed by atoms with Crippen LogP contribution >= 0.6 is 0 Å². The second kappa shape index (κ2) is 6.19. The van der Waals surface area contributed by atoms with Gasteiger partial charge in [-0.1, -0.05) is 27.2 Å². The molecule has 0 amide bonds. The molecule has 2 nitrogen and oxygen atoms in total. The molecular weight excluding hydrogens is 208 g/mol. The molecule has 100 valence electrons. The van der Waals surface area contributed by atoms with Gasteiger partial charge in [-0.3, -0.25) is 4.90 Å². The smallest absolute Gasteiger partial charge is 0.0195 e. The Bertz CT molecular complexity index is 213. The summed E-state index contributed by atoms with van der Waals surface area (Å²) >= 11 is 0. The first-order valence-electron chi connectivity index (χ1n) is 7.69. The third-order valence-electron chi connectivity index (χ3n) is 4.93. The molecule has 0 bridgehead atoms. The molecule has 2 fully saturated rings. The SMILES string of the molecule is CCN(CC1CCCN1)C1C(C)CCCC1C. The van der Waals surface area contributed by atoms with Crippen molar-refractivity contribution in [1.29, 1.82) is 0 Å². The Labute approximate surface area is 107 Å². The molecule has 2 aliphatic rings. The molecule has 0 spiro atoms. The predicted molar refractivity (Wildman–Crippen MR) is 74.2 cm³/mol. The van der Waals surface area contributed by atoms with Crippen LogP contribution in [0.1, 0.15) is 52.9 Å². The van der Waals surface area contributed by atoms with Gasteiger partial charge in [0.15, 0.2) is 0 Å². The zero-order valence-corrected chi connectivity index (χ0v) is 11.9. The quantitative estimate of drug-likeness (QED) is 0.810. The van der Waals surface area contributed by atoms with Gasteiger partial charge < -0.3 is 5.32 Å². The highest BCUT2D eigenvalue weighted by molar-refractivity contribution is 4.88. The molecule has 3 atom stereocenters. The maximum absolute atomic E-state index is 3.65. The molecule has 2 heteroatoms. The zero-order chi connectivity index (χ0) is 12.3. The number of nitrogens with zero attached hydrogens (tertiary/aromatic N) is 1. The summed E-state index contributed by atoms with van der Waals surface area (Å²) in [5, 5.41) is 3.65. The minimum Gasteiger partial charge on any atom is -0.313 e. The van der Waals surface area contributed by atoms with Crippen molar-refractivity contribution in [3.05, 3.63) is 0 Å². The van der Waals surface area contributed by atoms with E-state index in [2.05, 4.69) is 31.0 Å². The van der Waals surface area contributed by atoms with Gasteiger partial charge in [-0.25, -0.2) is 0 Å². The van der Waals surface area contributed by atoms with Crippen molar-refractivity contribution in [2.45, 2.75) is 65.0 Å². The van der Waals surface area contributed by atoms with Crippen molar-refractivity contribution in [3.63, 3.8) is 0 Å². The summed E-state index contributed by atoms with van der Waals surface area (Å²) < 4.78 is 0. The van der Waals surface area contributed by atoms with Crippen LogP contribution in [0.25, 0.3) is 0 Å². The van der Waals surface area contributed by atoms with Gasteiger partial charge >= 0.3 is 0 Å². The molecule has 1 heterocycles. The molecule has 0 aromatic carbocycles. The van der Waals surface area contributed by atoms with E-state index in [9.17, 15) is 0 Å². The number of likely N-dealkylation sites (N-methyl/N-ethyl adjacent to an activating group) is 1. The number of nitrogens with one attached hydrogen (secondary N) is 1. The lowest BCUT2D eigenvalue weighted by molar-refractivity contribution is 0.0671. The average molecular weight is 238 g/mol. The van der Waals surface area contributed by atoms with Crippen LogP contribution in [-0.4, -0.2) is 36.6 Å². The van der Waals surface area contributed by atoms with E-state index in [1.165, 1.54) is 51.7 Å². The Kier molecular flexibility index (Phi) is 4.87. The van der Waals surface area contributed by atoms with E-state index in [0.717, 1.165) is 23.9 Å². The van der Waals surface area contributed by atoms with Gasteiger partial charge in [0.1, 0.15) is 0 Å². The van der Waals surface area contributed by atoms with Crippen molar-refractivity contribution in [2.24, 2.45) is 11.8 Å². The Morgan fingerprint density at radius 1 is 1.06 bits per heavy atom. The topological polar surface area (TPSA) is 15.3 Å². The Balaban J connectivity index is 1.94. The van der Waals surface area contributed by atoms with Crippen molar-refractivity contribution in [2.75, 3.05) is 19.6 Å². The molecule has 1 aliphatic carbocycles. The molecule has 3 unspecified atom stereocenters. The molecule has 0 radical (unpaired) electrons. The average Bonchev–Trinajstić information content (AvgIpc) is 2.80. The predicted octanol–water partition coefficient (Wildman–Crippen LogP) is 2.89. The molecule has 1 N–H and O–H groups in total. The summed E-state index contributed by atoms with van der Waals surface area (Å²) in [5.74, 6) is 1.78. The zero-order valence-electron chi connectivity index (χ0n) is 11.9. The van der Waals surface area contributed by atoms with Gasteiger partial charge in [-0.2, -0.15) is 0 Å². The molecule has 17 heavy (non-hydrogen) atoms. The lowest BCUT2D eigenvalue weighted by atomic mass is 9.77. The van der Waals surface area contributed by atoms with Crippen molar-refractivity contribution in [3.8, 4) is 0 Å². The van der Waals surface area contributed by atoms with E-state index in [0.29, 0.717) is 0 Å². The summed E-state index contributed by atoms with van der Waals surface area (Å²) in [6, 6.07) is 1.59. The second-order valence-electron chi connectivity index (χ2n) is 6.26. The summed E-state index contributed by atoms with van der Waals surface area (Å²) in [7, 11) is 0. The van der Waals surface area contributed by atoms with E-state index in [4.69, 9.17) is 0 Å². The summed E-state index contributed by atoms with van der Waals surface area (Å²) in [6.45, 7) is 11.0. The summed E-state index contributed by atoms with van der Waals surface area (Å²) in [4.78, 5) is 2.76. The van der Waals surface area contributed by atoms with Crippen LogP contribution in [0.3, 0.4) is 0 Å². The monoisotopic (exact) mass is 238 g/mol. The molecule has 1 aliphatic heterocycles. The fourth-order valence-electron chi connectivity index (χ4n) is 4.04. The number of hydrogen-bond donors (Lipinski definition) is 1. The van der Waals surface area contributed by atoms with E-state index in [1.54, 1.807) is 0 Å². The van der Waals surface area contributed by atoms with E-state index < -0.39 is 0 Å². The van der Waals surface area contributed by atoms with Crippen LogP contribution in [0.4, 0.5) is 0 Å². The third kappa shape index (κ3) is 3.23. The molecule has 1 saturated carbocycles. The molecule has 2 rings (SSSR count). The highest BCUT2D eigenvalue weighted by Gasteiger charge is 2.33. The fourth-order valence-corrected chi connectivity index (χ4v) is 4.04. The fraction of sp³-hybridized carbons (Fsp3) is 1.00. The van der Waals surface area contributed by atoms with Gasteiger partial charge in [0.25, 0.3) is 0 Å². The first-order chi connectivity index (χ1) is 8.22. The van der Waals surface area contributed by atoms with Gasteiger partial charge in [0.2, 0.25) is 0 Å². The normalized spacial score (nSPS) is 38.8. The first kappa shape index (κ1) is 13.4. The lowest BCUT2D eigenvalue weighted by Crippen LogP contribution is -2.50. The third-order valence-corrected chi connectivity index (χ3v) is 4.93. The van der Waals surface area contributed by atoms with E-state index in [-0.39, 0.29) is 0 Å². The van der Waals surface area contributed by atoms with Gasteiger partial charge in [-0.05, 0) is 50.6 Å². The number of hydrogen-bond acceptors (Lipinski definition) is 2. The van der Waals surface area contributed by atoms with Gasteiger partial charge in [0, 0.05) is 18.6 Å². The van der Waals surface area contributed by atoms with Gasteiger partial charge in [0.05, 0.1) is 0 Å².